The summed E-state index contributed by atoms with van der Waals surface area (Å²) in [5.41, 5.74) is 7.65. The van der Waals surface area contributed by atoms with Crippen LogP contribution in [0.2, 0.25) is 5.02 Å². The predicted octanol–water partition coefficient (Wildman–Crippen LogP) is 1.63. The first-order valence-corrected chi connectivity index (χ1v) is 14.0. The fourth-order valence-corrected chi connectivity index (χ4v) is 5.59. The molecule has 5 rings (SSSR count). The lowest BCUT2D eigenvalue weighted by Crippen LogP contribution is -2.39. The second-order valence-corrected chi connectivity index (χ2v) is 11.6. The van der Waals surface area contributed by atoms with Gasteiger partial charge in [-0.2, -0.15) is 0 Å². The number of carbonyl (C=O) groups excluding carboxylic acids is 1. The van der Waals surface area contributed by atoms with Gasteiger partial charge in [-0.15, -0.1) is 5.10 Å². The van der Waals surface area contributed by atoms with E-state index in [0.29, 0.717) is 48.2 Å². The number of nitrogens with zero attached hydrogens (tertiary/aromatic N) is 5. The number of rotatable bonds is 5. The molecule has 2 aromatic heterocycles. The van der Waals surface area contributed by atoms with Crippen LogP contribution in [-0.2, 0) is 10.0 Å². The zero-order valence-electron chi connectivity index (χ0n) is 19.7. The van der Waals surface area contributed by atoms with E-state index in [-0.39, 0.29) is 29.2 Å². The molecule has 2 aliphatic heterocycles. The van der Waals surface area contributed by atoms with E-state index in [1.54, 1.807) is 9.42 Å². The fourth-order valence-electron chi connectivity index (χ4n) is 4.84. The summed E-state index contributed by atoms with van der Waals surface area (Å²) in [6.07, 6.45) is 4.71. The molecule has 2 saturated heterocycles. The number of aromatic nitrogens is 3. The third kappa shape index (κ3) is 4.99. The summed E-state index contributed by atoms with van der Waals surface area (Å²) in [5.74, 6) is 0.365. The predicted molar refractivity (Wildman–Crippen MR) is 137 cm³/mol. The molecule has 2 aliphatic rings. The van der Waals surface area contributed by atoms with E-state index in [2.05, 4.69) is 9.82 Å². The van der Waals surface area contributed by atoms with E-state index in [9.17, 15) is 18.3 Å². The number of halogens is 1. The van der Waals surface area contributed by atoms with Crippen LogP contribution in [0.3, 0.4) is 0 Å². The van der Waals surface area contributed by atoms with Crippen LogP contribution >= 0.6 is 11.6 Å². The van der Waals surface area contributed by atoms with Gasteiger partial charge in [0.1, 0.15) is 5.82 Å². The number of aliphatic hydroxyl groups excluding tert-OH is 1. The SMILES string of the molecule is CS(=O)(=O)Nc1ccc(Cl)cc1C(=O)N1CCCC[C@H]1c1cn2nc(N3C[C@@H](N)[C@@H](O)C3)ccc2n1. The number of sulfonamides is 1. The van der Waals surface area contributed by atoms with Crippen molar-refractivity contribution in [3.63, 3.8) is 0 Å². The Hall–Kier alpha value is -2.93. The Kier molecular flexibility index (Phi) is 6.54. The first-order valence-electron chi connectivity index (χ1n) is 11.7. The second kappa shape index (κ2) is 9.51. The number of β-amino-alcohol motifs (C(OH)–C–C–N with tert-alkyl or cyclic N) is 1. The number of fused-ring (bicyclic) bond motifs is 1. The molecule has 192 valence electrons. The van der Waals surface area contributed by atoms with Gasteiger partial charge in [-0.3, -0.25) is 9.52 Å². The Morgan fingerprint density at radius 3 is 2.75 bits per heavy atom. The van der Waals surface area contributed by atoms with Gasteiger partial charge in [-0.05, 0) is 49.6 Å². The number of likely N-dealkylation sites (tertiary alicyclic amines) is 1. The molecular weight excluding hydrogens is 506 g/mol. The maximum atomic E-state index is 13.7. The summed E-state index contributed by atoms with van der Waals surface area (Å²) in [5, 5.41) is 15.0. The number of hydrogen-bond donors (Lipinski definition) is 3. The quantitative estimate of drug-likeness (QED) is 0.448. The van der Waals surface area contributed by atoms with Gasteiger partial charge in [0.2, 0.25) is 10.0 Å². The van der Waals surface area contributed by atoms with Crippen molar-refractivity contribution < 1.29 is 18.3 Å². The molecule has 13 heteroatoms. The van der Waals surface area contributed by atoms with E-state index in [1.165, 1.54) is 18.2 Å². The van der Waals surface area contributed by atoms with E-state index < -0.39 is 16.1 Å². The Balaban J connectivity index is 1.46. The van der Waals surface area contributed by atoms with Crippen LogP contribution in [0.4, 0.5) is 11.5 Å². The molecule has 1 amide bonds. The van der Waals surface area contributed by atoms with Crippen molar-refractivity contribution in [1.29, 1.82) is 0 Å². The Morgan fingerprint density at radius 1 is 1.22 bits per heavy atom. The molecular formula is C23H28ClN7O4S. The lowest BCUT2D eigenvalue weighted by Gasteiger charge is -2.35. The molecule has 4 heterocycles. The first kappa shape index (κ1) is 24.8. The Bertz CT molecular complexity index is 1400. The highest BCUT2D eigenvalue weighted by Gasteiger charge is 2.33. The van der Waals surface area contributed by atoms with Gasteiger partial charge >= 0.3 is 0 Å². The summed E-state index contributed by atoms with van der Waals surface area (Å²) in [6.45, 7) is 1.43. The number of amides is 1. The van der Waals surface area contributed by atoms with E-state index >= 15 is 0 Å². The van der Waals surface area contributed by atoms with Crippen molar-refractivity contribution in [3.05, 3.63) is 52.8 Å². The van der Waals surface area contributed by atoms with Gasteiger partial charge < -0.3 is 20.6 Å². The summed E-state index contributed by atoms with van der Waals surface area (Å²) in [6, 6.07) is 7.58. The number of benzene rings is 1. The van der Waals surface area contributed by atoms with Gasteiger partial charge in [0.15, 0.2) is 5.65 Å². The topological polar surface area (TPSA) is 146 Å². The summed E-state index contributed by atoms with van der Waals surface area (Å²) < 4.78 is 27.8. The average Bonchev–Trinajstić information content (AvgIpc) is 3.41. The van der Waals surface area contributed by atoms with Gasteiger partial charge in [0.05, 0.1) is 41.5 Å². The molecule has 3 aromatic rings. The molecule has 0 aliphatic carbocycles. The van der Waals surface area contributed by atoms with Crippen LogP contribution in [0.25, 0.3) is 5.65 Å². The van der Waals surface area contributed by atoms with E-state index in [0.717, 1.165) is 19.1 Å². The van der Waals surface area contributed by atoms with Crippen molar-refractivity contribution in [3.8, 4) is 0 Å². The van der Waals surface area contributed by atoms with Crippen molar-refractivity contribution in [2.24, 2.45) is 5.73 Å². The van der Waals surface area contributed by atoms with Crippen LogP contribution in [0.1, 0.15) is 41.4 Å². The zero-order chi connectivity index (χ0) is 25.6. The normalized spacial score (nSPS) is 22.8. The number of aliphatic hydroxyl groups is 1. The second-order valence-electron chi connectivity index (χ2n) is 9.37. The third-order valence-corrected chi connectivity index (χ3v) is 7.42. The molecule has 3 atom stereocenters. The molecule has 0 spiro atoms. The smallest absolute Gasteiger partial charge is 0.256 e. The van der Waals surface area contributed by atoms with Crippen LogP contribution in [0.5, 0.6) is 0 Å². The number of nitrogens with one attached hydrogen (secondary N) is 1. The molecule has 0 saturated carbocycles. The summed E-state index contributed by atoms with van der Waals surface area (Å²) >= 11 is 6.17. The molecule has 1 aromatic carbocycles. The lowest BCUT2D eigenvalue weighted by molar-refractivity contribution is 0.0607. The van der Waals surface area contributed by atoms with Crippen molar-refractivity contribution in [1.82, 2.24) is 19.5 Å². The van der Waals surface area contributed by atoms with E-state index in [4.69, 9.17) is 22.3 Å². The number of imidazole rings is 1. The number of nitrogens with two attached hydrogens (primary N) is 1. The van der Waals surface area contributed by atoms with Gasteiger partial charge in [0.25, 0.3) is 5.91 Å². The first-order chi connectivity index (χ1) is 17.1. The summed E-state index contributed by atoms with van der Waals surface area (Å²) in [7, 11) is -3.59. The van der Waals surface area contributed by atoms with Crippen LogP contribution in [0, 0.1) is 0 Å². The van der Waals surface area contributed by atoms with Gasteiger partial charge in [0, 0.05) is 30.7 Å². The number of anilines is 2. The van der Waals surface area contributed by atoms with E-state index in [1.807, 2.05) is 23.2 Å². The maximum Gasteiger partial charge on any atom is 0.256 e. The maximum absolute atomic E-state index is 13.7. The average molecular weight is 534 g/mol. The molecule has 11 nitrogen and oxygen atoms in total. The molecule has 4 N–H and O–H groups in total. The molecule has 0 radical (unpaired) electrons. The van der Waals surface area contributed by atoms with Gasteiger partial charge in [-0.25, -0.2) is 17.9 Å². The lowest BCUT2D eigenvalue weighted by atomic mass is 9.98. The standard InChI is InChI=1S/C23H28ClN7O4S/c1-36(34,35)28-17-6-5-14(24)10-15(17)23(33)30-9-3-2-4-19(30)18-12-31-21(26-18)7-8-22(27-31)29-11-16(25)20(32)13-29/h5-8,10,12,16,19-20,28,32H,2-4,9,11,13,25H2,1H3/t16-,19+,20+/m1/s1. The fraction of sp³-hybridized carbons (Fsp3) is 0.435. The molecule has 0 unspecified atom stereocenters. The highest BCUT2D eigenvalue weighted by molar-refractivity contribution is 7.92. The Labute approximate surface area is 213 Å². The van der Waals surface area contributed by atoms with Gasteiger partial charge in [-0.1, -0.05) is 11.6 Å². The molecule has 0 bridgehead atoms. The van der Waals surface area contributed by atoms with Crippen LogP contribution in [-0.4, -0.2) is 77.0 Å². The number of hydrogen-bond acceptors (Lipinski definition) is 8. The zero-order valence-corrected chi connectivity index (χ0v) is 21.3. The minimum atomic E-state index is -3.59. The minimum Gasteiger partial charge on any atom is -0.390 e. The summed E-state index contributed by atoms with van der Waals surface area (Å²) in [4.78, 5) is 22.1. The molecule has 2 fully saturated rings. The van der Waals surface area contributed by atoms with Crippen LogP contribution < -0.4 is 15.4 Å². The Morgan fingerprint density at radius 2 is 2.03 bits per heavy atom. The van der Waals surface area contributed by atoms with Crippen molar-refractivity contribution >= 4 is 44.7 Å². The third-order valence-electron chi connectivity index (χ3n) is 6.59. The highest BCUT2D eigenvalue weighted by Crippen LogP contribution is 2.34. The largest absolute Gasteiger partial charge is 0.390 e. The number of carbonyl (C=O) groups is 1. The minimum absolute atomic E-state index is 0.184. The molecule has 36 heavy (non-hydrogen) atoms. The van der Waals surface area contributed by atoms with Crippen molar-refractivity contribution in [2.75, 3.05) is 35.5 Å². The van der Waals surface area contributed by atoms with Crippen molar-refractivity contribution in [2.45, 2.75) is 37.5 Å². The van der Waals surface area contributed by atoms with Crippen LogP contribution in [0.15, 0.2) is 36.5 Å². The monoisotopic (exact) mass is 533 g/mol. The number of piperidine rings is 1. The highest BCUT2D eigenvalue weighted by atomic mass is 35.5.